The molecule has 0 bridgehead atoms. The molecule has 0 amide bonds. The Morgan fingerprint density at radius 3 is 2.74 bits per heavy atom. The number of hydrogen-bond donors (Lipinski definition) is 0. The first kappa shape index (κ1) is 16.1. The van der Waals surface area contributed by atoms with Crippen LogP contribution < -0.4 is 0 Å². The third-order valence-corrected chi connectivity index (χ3v) is 5.13. The minimum Gasteiger partial charge on any atom is -0.298 e. The summed E-state index contributed by atoms with van der Waals surface area (Å²) >= 11 is 0. The first-order valence-electron chi connectivity index (χ1n) is 9.23. The minimum absolute atomic E-state index is 0.381. The van der Waals surface area contributed by atoms with E-state index in [-0.39, 0.29) is 0 Å². The molecule has 1 fully saturated rings. The van der Waals surface area contributed by atoms with Gasteiger partial charge in [-0.15, -0.1) is 0 Å². The molecule has 134 valence electrons. The van der Waals surface area contributed by atoms with Crippen LogP contribution in [0.4, 0.5) is 0 Å². The second kappa shape index (κ2) is 6.89. The molecule has 6 nitrogen and oxygen atoms in total. The van der Waals surface area contributed by atoms with Crippen molar-refractivity contribution >= 4 is 5.65 Å². The van der Waals surface area contributed by atoms with Crippen LogP contribution in [0.25, 0.3) is 16.8 Å². The summed E-state index contributed by atoms with van der Waals surface area (Å²) in [5.41, 5.74) is 4.40. The van der Waals surface area contributed by atoms with Gasteiger partial charge in [-0.1, -0.05) is 6.07 Å². The first-order chi connectivity index (χ1) is 13.3. The van der Waals surface area contributed by atoms with Crippen molar-refractivity contribution in [2.75, 3.05) is 13.1 Å². The molecule has 0 aromatic carbocycles. The van der Waals surface area contributed by atoms with Crippen molar-refractivity contribution in [3.8, 4) is 11.1 Å². The summed E-state index contributed by atoms with van der Waals surface area (Å²) in [4.78, 5) is 15.5. The summed E-state index contributed by atoms with van der Waals surface area (Å²) in [5, 5.41) is 4.77. The third kappa shape index (κ3) is 3.31. The molecule has 0 saturated carbocycles. The number of pyridine rings is 3. The molecule has 1 aliphatic heterocycles. The Bertz CT molecular complexity index is 1040. The lowest BCUT2D eigenvalue weighted by Crippen LogP contribution is -2.20. The van der Waals surface area contributed by atoms with E-state index in [1.54, 1.807) is 0 Å². The fourth-order valence-corrected chi connectivity index (χ4v) is 3.73. The van der Waals surface area contributed by atoms with Gasteiger partial charge in [0.15, 0.2) is 11.5 Å². The standard InChI is InChI=1S/C21H20N6/c1-2-16(12-23-8-1)13-26-11-7-19(14-26)21-24-20-4-3-18(15-27(20)25-21)17-5-9-22-10-6-17/h1-6,8-10,12,15,19H,7,11,13-14H2/t19-/m1/s1. The third-order valence-electron chi connectivity index (χ3n) is 5.13. The van der Waals surface area contributed by atoms with Gasteiger partial charge in [0.25, 0.3) is 0 Å². The Morgan fingerprint density at radius 2 is 1.89 bits per heavy atom. The average molecular weight is 356 g/mol. The number of aromatic nitrogens is 5. The summed E-state index contributed by atoms with van der Waals surface area (Å²) in [7, 11) is 0. The van der Waals surface area contributed by atoms with Crippen LogP contribution in [-0.4, -0.2) is 42.6 Å². The van der Waals surface area contributed by atoms with Crippen LogP contribution in [0.5, 0.6) is 0 Å². The van der Waals surface area contributed by atoms with Crippen molar-refractivity contribution in [2.24, 2.45) is 0 Å². The smallest absolute Gasteiger partial charge is 0.156 e. The maximum Gasteiger partial charge on any atom is 0.156 e. The maximum absolute atomic E-state index is 4.77. The second-order valence-electron chi connectivity index (χ2n) is 7.01. The number of nitrogens with zero attached hydrogens (tertiary/aromatic N) is 6. The van der Waals surface area contributed by atoms with E-state index in [2.05, 4.69) is 27.0 Å². The number of likely N-dealkylation sites (tertiary alicyclic amines) is 1. The van der Waals surface area contributed by atoms with Crippen LogP contribution in [0.15, 0.2) is 67.4 Å². The molecule has 1 atom stereocenters. The molecule has 4 aromatic rings. The van der Waals surface area contributed by atoms with Crippen LogP contribution in [-0.2, 0) is 6.54 Å². The van der Waals surface area contributed by atoms with Crippen molar-refractivity contribution in [2.45, 2.75) is 18.9 Å². The molecular weight excluding hydrogens is 336 g/mol. The van der Waals surface area contributed by atoms with E-state index in [4.69, 9.17) is 10.1 Å². The number of fused-ring (bicyclic) bond motifs is 1. The zero-order chi connectivity index (χ0) is 18.1. The maximum atomic E-state index is 4.77. The lowest BCUT2D eigenvalue weighted by Gasteiger charge is -2.14. The van der Waals surface area contributed by atoms with E-state index in [0.29, 0.717) is 5.92 Å². The van der Waals surface area contributed by atoms with Crippen molar-refractivity contribution in [3.63, 3.8) is 0 Å². The monoisotopic (exact) mass is 356 g/mol. The Labute approximate surface area is 157 Å². The van der Waals surface area contributed by atoms with Gasteiger partial charge in [0.2, 0.25) is 0 Å². The Morgan fingerprint density at radius 1 is 0.963 bits per heavy atom. The normalized spacial score (nSPS) is 17.6. The Hall–Kier alpha value is -3.12. The van der Waals surface area contributed by atoms with Crippen molar-refractivity contribution in [1.82, 2.24) is 29.5 Å². The fourth-order valence-electron chi connectivity index (χ4n) is 3.73. The number of rotatable bonds is 4. The first-order valence-corrected chi connectivity index (χ1v) is 9.23. The van der Waals surface area contributed by atoms with Gasteiger partial charge in [-0.3, -0.25) is 14.9 Å². The highest BCUT2D eigenvalue weighted by Crippen LogP contribution is 2.27. The Kier molecular flexibility index (Phi) is 4.10. The minimum atomic E-state index is 0.381. The molecule has 0 radical (unpaired) electrons. The molecule has 1 saturated heterocycles. The fraction of sp³-hybridized carbons (Fsp3) is 0.238. The van der Waals surface area contributed by atoms with Gasteiger partial charge in [-0.25, -0.2) is 9.50 Å². The molecule has 1 aliphatic rings. The summed E-state index contributed by atoms with van der Waals surface area (Å²) < 4.78 is 1.90. The zero-order valence-electron chi connectivity index (χ0n) is 14.9. The van der Waals surface area contributed by atoms with E-state index in [9.17, 15) is 0 Å². The van der Waals surface area contributed by atoms with Gasteiger partial charge in [0.05, 0.1) is 0 Å². The predicted octanol–water partition coefficient (Wildman–Crippen LogP) is 3.18. The lowest BCUT2D eigenvalue weighted by molar-refractivity contribution is 0.325. The van der Waals surface area contributed by atoms with Gasteiger partial charge < -0.3 is 0 Å². The molecular formula is C21H20N6. The van der Waals surface area contributed by atoms with Crippen molar-refractivity contribution in [1.29, 1.82) is 0 Å². The second-order valence-corrected chi connectivity index (χ2v) is 7.01. The predicted molar refractivity (Wildman–Crippen MR) is 103 cm³/mol. The SMILES string of the molecule is c1cncc(CN2CC[C@@H](c3nc4ccc(-c5ccncc5)cn4n3)C2)c1. The van der Waals surface area contributed by atoms with Gasteiger partial charge in [0, 0.05) is 55.6 Å². The highest BCUT2D eigenvalue weighted by molar-refractivity contribution is 5.63. The summed E-state index contributed by atoms with van der Waals surface area (Å²) in [6.07, 6.45) is 10.5. The highest BCUT2D eigenvalue weighted by Gasteiger charge is 2.27. The average Bonchev–Trinajstić information content (AvgIpc) is 3.35. The van der Waals surface area contributed by atoms with Gasteiger partial charge in [0.1, 0.15) is 0 Å². The molecule has 0 spiro atoms. The van der Waals surface area contributed by atoms with Crippen LogP contribution in [0.1, 0.15) is 23.7 Å². The van der Waals surface area contributed by atoms with Gasteiger partial charge in [-0.2, -0.15) is 5.10 Å². The van der Waals surface area contributed by atoms with Crippen molar-refractivity contribution < 1.29 is 0 Å². The van der Waals surface area contributed by atoms with E-state index >= 15 is 0 Å². The molecule has 0 unspecified atom stereocenters. The van der Waals surface area contributed by atoms with E-state index in [1.165, 1.54) is 5.56 Å². The van der Waals surface area contributed by atoms with Gasteiger partial charge in [-0.05, 0) is 54.4 Å². The lowest BCUT2D eigenvalue weighted by atomic mass is 10.1. The molecule has 5 rings (SSSR count). The zero-order valence-corrected chi connectivity index (χ0v) is 14.9. The molecule has 6 heteroatoms. The van der Waals surface area contributed by atoms with Crippen LogP contribution in [0.3, 0.4) is 0 Å². The largest absolute Gasteiger partial charge is 0.298 e. The van der Waals surface area contributed by atoms with E-state index in [0.717, 1.165) is 48.7 Å². The summed E-state index contributed by atoms with van der Waals surface area (Å²) in [6.45, 7) is 2.99. The molecule has 4 aromatic heterocycles. The molecule has 0 aliphatic carbocycles. The quantitative estimate of drug-likeness (QED) is 0.562. The molecule has 0 N–H and O–H groups in total. The summed E-state index contributed by atoms with van der Waals surface area (Å²) in [6, 6.07) is 12.3. The summed E-state index contributed by atoms with van der Waals surface area (Å²) in [5.74, 6) is 1.32. The Balaban J connectivity index is 1.35. The number of hydrogen-bond acceptors (Lipinski definition) is 5. The van der Waals surface area contributed by atoms with E-state index in [1.807, 2.05) is 59.8 Å². The van der Waals surface area contributed by atoms with Crippen molar-refractivity contribution in [3.05, 3.63) is 78.8 Å². The van der Waals surface area contributed by atoms with Crippen LogP contribution in [0.2, 0.25) is 0 Å². The molecule has 5 heterocycles. The van der Waals surface area contributed by atoms with Gasteiger partial charge >= 0.3 is 0 Å². The van der Waals surface area contributed by atoms with E-state index < -0.39 is 0 Å². The van der Waals surface area contributed by atoms with Crippen LogP contribution in [0, 0.1) is 0 Å². The highest BCUT2D eigenvalue weighted by atomic mass is 15.3. The molecule has 27 heavy (non-hydrogen) atoms. The topological polar surface area (TPSA) is 59.2 Å². The van der Waals surface area contributed by atoms with Crippen LogP contribution >= 0.6 is 0 Å².